The molecule has 0 aliphatic heterocycles. The van der Waals surface area contributed by atoms with Gasteiger partial charge in [-0.2, -0.15) is 0 Å². The fourth-order valence-corrected chi connectivity index (χ4v) is 3.01. The van der Waals surface area contributed by atoms with Crippen LogP contribution in [0, 0.1) is 5.92 Å². The minimum absolute atomic E-state index is 0.0452. The summed E-state index contributed by atoms with van der Waals surface area (Å²) in [6, 6.07) is 6.90. The van der Waals surface area contributed by atoms with Crippen LogP contribution in [0.2, 0.25) is 0 Å². The summed E-state index contributed by atoms with van der Waals surface area (Å²) in [5.41, 5.74) is 0.0452. The summed E-state index contributed by atoms with van der Waals surface area (Å²) < 4.78 is 0. The Kier molecular flexibility index (Phi) is 4.56. The number of aromatic nitrogens is 1. The van der Waals surface area contributed by atoms with Gasteiger partial charge in [0.1, 0.15) is 11.6 Å². The molecule has 0 saturated heterocycles. The van der Waals surface area contributed by atoms with E-state index in [2.05, 4.69) is 57.1 Å². The SMILES string of the molecule is CC1CCCC(N(C)c2cccc(NC(C)(C)C)n2)C1. The first-order valence-corrected chi connectivity index (χ1v) is 7.83. The number of nitrogens with one attached hydrogen (secondary N) is 1. The quantitative estimate of drug-likeness (QED) is 0.891. The number of anilines is 2. The number of hydrogen-bond acceptors (Lipinski definition) is 3. The Morgan fingerprint density at radius 2 is 2.00 bits per heavy atom. The maximum Gasteiger partial charge on any atom is 0.130 e. The highest BCUT2D eigenvalue weighted by atomic mass is 15.2. The van der Waals surface area contributed by atoms with Crippen molar-refractivity contribution in [2.75, 3.05) is 17.3 Å². The maximum atomic E-state index is 4.77. The molecular formula is C17H29N3. The largest absolute Gasteiger partial charge is 0.365 e. The van der Waals surface area contributed by atoms with E-state index in [-0.39, 0.29) is 5.54 Å². The second-order valence-electron chi connectivity index (χ2n) is 7.29. The molecular weight excluding hydrogens is 246 g/mol. The molecule has 1 N–H and O–H groups in total. The minimum atomic E-state index is 0.0452. The fourth-order valence-electron chi connectivity index (χ4n) is 3.01. The van der Waals surface area contributed by atoms with Gasteiger partial charge in [-0.25, -0.2) is 4.98 Å². The second-order valence-corrected chi connectivity index (χ2v) is 7.29. The van der Waals surface area contributed by atoms with E-state index >= 15 is 0 Å². The van der Waals surface area contributed by atoms with E-state index in [1.807, 2.05) is 6.07 Å². The monoisotopic (exact) mass is 275 g/mol. The van der Waals surface area contributed by atoms with E-state index in [9.17, 15) is 0 Å². The van der Waals surface area contributed by atoms with Gasteiger partial charge in [0.25, 0.3) is 0 Å². The topological polar surface area (TPSA) is 28.2 Å². The molecule has 2 rings (SSSR count). The normalized spacial score (nSPS) is 23.4. The predicted molar refractivity (Wildman–Crippen MR) is 87.4 cm³/mol. The zero-order chi connectivity index (χ0) is 14.8. The number of rotatable bonds is 3. The Morgan fingerprint density at radius 1 is 1.25 bits per heavy atom. The molecule has 112 valence electrons. The molecule has 0 bridgehead atoms. The van der Waals surface area contributed by atoms with Crippen molar-refractivity contribution < 1.29 is 0 Å². The average molecular weight is 275 g/mol. The van der Waals surface area contributed by atoms with E-state index in [1.165, 1.54) is 25.7 Å². The predicted octanol–water partition coefficient (Wildman–Crippen LogP) is 4.31. The molecule has 0 amide bonds. The summed E-state index contributed by atoms with van der Waals surface area (Å²) in [7, 11) is 2.19. The Balaban J connectivity index is 2.09. The molecule has 1 aliphatic rings. The minimum Gasteiger partial charge on any atom is -0.365 e. The highest BCUT2D eigenvalue weighted by Gasteiger charge is 2.23. The van der Waals surface area contributed by atoms with Gasteiger partial charge >= 0.3 is 0 Å². The van der Waals surface area contributed by atoms with Crippen LogP contribution in [-0.4, -0.2) is 23.6 Å². The molecule has 1 aromatic rings. The van der Waals surface area contributed by atoms with Gasteiger partial charge in [0.15, 0.2) is 0 Å². The molecule has 1 saturated carbocycles. The lowest BCUT2D eigenvalue weighted by Gasteiger charge is -2.35. The summed E-state index contributed by atoms with van der Waals surface area (Å²) in [5.74, 6) is 2.89. The second kappa shape index (κ2) is 6.02. The van der Waals surface area contributed by atoms with Gasteiger partial charge in [-0.1, -0.05) is 25.8 Å². The van der Waals surface area contributed by atoms with Crippen LogP contribution in [-0.2, 0) is 0 Å². The molecule has 3 nitrogen and oxygen atoms in total. The highest BCUT2D eigenvalue weighted by molar-refractivity contribution is 5.48. The molecule has 0 radical (unpaired) electrons. The summed E-state index contributed by atoms with van der Waals surface area (Å²) in [4.78, 5) is 7.14. The molecule has 1 fully saturated rings. The van der Waals surface area contributed by atoms with Crippen LogP contribution in [0.25, 0.3) is 0 Å². The Hall–Kier alpha value is -1.25. The van der Waals surface area contributed by atoms with Crippen molar-refractivity contribution in [2.45, 2.75) is 65.0 Å². The van der Waals surface area contributed by atoms with Crippen LogP contribution in [0.4, 0.5) is 11.6 Å². The molecule has 20 heavy (non-hydrogen) atoms. The summed E-state index contributed by atoms with van der Waals surface area (Å²) in [5, 5.41) is 3.45. The molecule has 1 aliphatic carbocycles. The maximum absolute atomic E-state index is 4.77. The first-order chi connectivity index (χ1) is 9.35. The van der Waals surface area contributed by atoms with Crippen LogP contribution in [0.15, 0.2) is 18.2 Å². The molecule has 3 heteroatoms. The smallest absolute Gasteiger partial charge is 0.130 e. The van der Waals surface area contributed by atoms with E-state index < -0.39 is 0 Å². The standard InChI is InChI=1S/C17H29N3/c1-13-8-6-9-14(12-13)20(5)16-11-7-10-15(18-16)19-17(2,3)4/h7,10-11,13-14H,6,8-9,12H2,1-5H3,(H,18,19). The lowest BCUT2D eigenvalue weighted by molar-refractivity contribution is 0.335. The third-order valence-corrected chi connectivity index (χ3v) is 4.06. The van der Waals surface area contributed by atoms with Crippen molar-refractivity contribution in [3.63, 3.8) is 0 Å². The van der Waals surface area contributed by atoms with Gasteiger partial charge in [0, 0.05) is 18.6 Å². The van der Waals surface area contributed by atoms with E-state index in [0.717, 1.165) is 17.6 Å². The highest BCUT2D eigenvalue weighted by Crippen LogP contribution is 2.29. The van der Waals surface area contributed by atoms with Crippen LogP contribution in [0.1, 0.15) is 53.4 Å². The van der Waals surface area contributed by atoms with E-state index in [4.69, 9.17) is 4.98 Å². The molecule has 0 aromatic carbocycles. The van der Waals surface area contributed by atoms with Gasteiger partial charge < -0.3 is 10.2 Å². The van der Waals surface area contributed by atoms with Crippen LogP contribution >= 0.6 is 0 Å². The van der Waals surface area contributed by atoms with Crippen molar-refractivity contribution in [1.82, 2.24) is 4.98 Å². The zero-order valence-corrected chi connectivity index (χ0v) is 13.6. The number of hydrogen-bond donors (Lipinski definition) is 1. The van der Waals surface area contributed by atoms with Gasteiger partial charge in [0.2, 0.25) is 0 Å². The Morgan fingerprint density at radius 3 is 2.65 bits per heavy atom. The third-order valence-electron chi connectivity index (χ3n) is 4.06. The zero-order valence-electron chi connectivity index (χ0n) is 13.6. The van der Waals surface area contributed by atoms with Crippen molar-refractivity contribution in [3.8, 4) is 0 Å². The van der Waals surface area contributed by atoms with Gasteiger partial charge in [0.05, 0.1) is 0 Å². The van der Waals surface area contributed by atoms with E-state index in [0.29, 0.717) is 6.04 Å². The van der Waals surface area contributed by atoms with Gasteiger partial charge in [-0.05, 0) is 51.7 Å². The van der Waals surface area contributed by atoms with Crippen LogP contribution < -0.4 is 10.2 Å². The van der Waals surface area contributed by atoms with Gasteiger partial charge in [-0.15, -0.1) is 0 Å². The lowest BCUT2D eigenvalue weighted by atomic mass is 9.86. The van der Waals surface area contributed by atoms with Crippen molar-refractivity contribution in [3.05, 3.63) is 18.2 Å². The molecule has 2 unspecified atom stereocenters. The molecule has 1 aromatic heterocycles. The van der Waals surface area contributed by atoms with E-state index in [1.54, 1.807) is 0 Å². The lowest BCUT2D eigenvalue weighted by Crippen LogP contribution is -2.36. The summed E-state index contributed by atoms with van der Waals surface area (Å²) in [6.45, 7) is 8.85. The van der Waals surface area contributed by atoms with Gasteiger partial charge in [-0.3, -0.25) is 0 Å². The van der Waals surface area contributed by atoms with Crippen molar-refractivity contribution in [1.29, 1.82) is 0 Å². The number of pyridine rings is 1. The van der Waals surface area contributed by atoms with Crippen LogP contribution in [0.5, 0.6) is 0 Å². The Bertz CT molecular complexity index is 436. The van der Waals surface area contributed by atoms with Crippen LogP contribution in [0.3, 0.4) is 0 Å². The first-order valence-electron chi connectivity index (χ1n) is 7.83. The Labute approximate surface area is 123 Å². The van der Waals surface area contributed by atoms with Crippen molar-refractivity contribution >= 4 is 11.6 Å². The number of nitrogens with zero attached hydrogens (tertiary/aromatic N) is 2. The summed E-state index contributed by atoms with van der Waals surface area (Å²) in [6.07, 6.45) is 5.30. The fraction of sp³-hybridized carbons (Fsp3) is 0.706. The summed E-state index contributed by atoms with van der Waals surface area (Å²) >= 11 is 0. The molecule has 2 atom stereocenters. The van der Waals surface area contributed by atoms with Crippen molar-refractivity contribution in [2.24, 2.45) is 5.92 Å². The molecule has 0 spiro atoms. The first kappa shape index (κ1) is 15.1. The molecule has 1 heterocycles. The third kappa shape index (κ3) is 4.12. The average Bonchev–Trinajstić information content (AvgIpc) is 2.36.